The lowest BCUT2D eigenvalue weighted by molar-refractivity contribution is -0.385. The normalized spacial score (nSPS) is 15.9. The van der Waals surface area contributed by atoms with Gasteiger partial charge in [-0.1, -0.05) is 33.6 Å². The number of nitro benzene ring substituents is 1. The highest BCUT2D eigenvalue weighted by Gasteiger charge is 2.41. The van der Waals surface area contributed by atoms with Gasteiger partial charge in [0, 0.05) is 17.9 Å². The van der Waals surface area contributed by atoms with Gasteiger partial charge in [-0.3, -0.25) is 14.9 Å². The van der Waals surface area contributed by atoms with Gasteiger partial charge in [0.1, 0.15) is 5.56 Å². The van der Waals surface area contributed by atoms with Crippen LogP contribution < -0.4 is 5.32 Å². The van der Waals surface area contributed by atoms with Gasteiger partial charge >= 0.3 is 0 Å². The molecule has 0 unspecified atom stereocenters. The summed E-state index contributed by atoms with van der Waals surface area (Å²) in [5.41, 5.74) is -0.237. The van der Waals surface area contributed by atoms with Crippen molar-refractivity contribution in [3.05, 3.63) is 38.9 Å². The molecule has 5 nitrogen and oxygen atoms in total. The smallest absolute Gasteiger partial charge is 0.283 e. The van der Waals surface area contributed by atoms with Crippen molar-refractivity contribution in [3.63, 3.8) is 0 Å². The van der Waals surface area contributed by atoms with Crippen LogP contribution in [0.1, 0.15) is 23.2 Å². The molecule has 1 fully saturated rings. The van der Waals surface area contributed by atoms with Gasteiger partial charge in [-0.05, 0) is 24.3 Å². The standard InChI is InChI=1S/C12H12BrClN2O3/c13-6-12(4-5-12)7-15-11(17)10-8(14)2-1-3-9(10)16(18)19/h1-3H,4-7H2,(H,15,17). The van der Waals surface area contributed by atoms with Crippen molar-refractivity contribution in [2.45, 2.75) is 12.8 Å². The highest BCUT2D eigenvalue weighted by Crippen LogP contribution is 2.46. The van der Waals surface area contributed by atoms with Crippen LogP contribution in [0.4, 0.5) is 5.69 Å². The molecule has 0 spiro atoms. The number of nitro groups is 1. The zero-order valence-electron chi connectivity index (χ0n) is 9.99. The molecule has 1 aromatic rings. The predicted molar refractivity (Wildman–Crippen MR) is 75.9 cm³/mol. The quantitative estimate of drug-likeness (QED) is 0.505. The van der Waals surface area contributed by atoms with Gasteiger partial charge in [-0.25, -0.2) is 0 Å². The van der Waals surface area contributed by atoms with E-state index in [1.165, 1.54) is 18.2 Å². The minimum Gasteiger partial charge on any atom is -0.351 e. The Morgan fingerprint density at radius 2 is 2.21 bits per heavy atom. The summed E-state index contributed by atoms with van der Waals surface area (Å²) in [6, 6.07) is 4.21. The number of amides is 1. The first kappa shape index (κ1) is 14.3. The van der Waals surface area contributed by atoms with E-state index >= 15 is 0 Å². The number of alkyl halides is 1. The average molecular weight is 348 g/mol. The van der Waals surface area contributed by atoms with Gasteiger partial charge in [0.05, 0.1) is 9.95 Å². The van der Waals surface area contributed by atoms with Crippen molar-refractivity contribution in [2.24, 2.45) is 5.41 Å². The molecule has 19 heavy (non-hydrogen) atoms. The van der Waals surface area contributed by atoms with Crippen molar-refractivity contribution in [2.75, 3.05) is 11.9 Å². The Kier molecular flexibility index (Phi) is 4.10. The Morgan fingerprint density at radius 1 is 1.53 bits per heavy atom. The summed E-state index contributed by atoms with van der Waals surface area (Å²) in [7, 11) is 0. The molecule has 0 bridgehead atoms. The van der Waals surface area contributed by atoms with E-state index in [4.69, 9.17) is 11.6 Å². The largest absolute Gasteiger partial charge is 0.351 e. The lowest BCUT2D eigenvalue weighted by Crippen LogP contribution is -2.31. The van der Waals surface area contributed by atoms with Crippen LogP contribution >= 0.6 is 27.5 Å². The molecule has 0 heterocycles. The van der Waals surface area contributed by atoms with E-state index in [1.807, 2.05) is 0 Å². The molecule has 0 aliphatic heterocycles. The number of carbonyl (C=O) groups is 1. The molecule has 2 rings (SSSR count). The van der Waals surface area contributed by atoms with Gasteiger partial charge in [0.25, 0.3) is 11.6 Å². The number of nitrogens with zero attached hydrogens (tertiary/aromatic N) is 1. The van der Waals surface area contributed by atoms with Crippen molar-refractivity contribution in [3.8, 4) is 0 Å². The second-order valence-corrected chi connectivity index (χ2v) is 5.68. The summed E-state index contributed by atoms with van der Waals surface area (Å²) in [4.78, 5) is 22.4. The highest BCUT2D eigenvalue weighted by atomic mass is 79.9. The van der Waals surface area contributed by atoms with Gasteiger partial charge in [-0.15, -0.1) is 0 Å². The second kappa shape index (κ2) is 5.46. The van der Waals surface area contributed by atoms with Crippen LogP contribution in [-0.4, -0.2) is 22.7 Å². The Labute approximate surface area is 123 Å². The molecule has 0 saturated heterocycles. The molecule has 1 N–H and O–H groups in total. The SMILES string of the molecule is O=C(NCC1(CBr)CC1)c1c(Cl)cccc1[N+](=O)[O-]. The molecule has 102 valence electrons. The molecule has 1 aromatic carbocycles. The molecule has 0 aromatic heterocycles. The Balaban J connectivity index is 2.17. The second-order valence-electron chi connectivity index (χ2n) is 4.71. The van der Waals surface area contributed by atoms with Gasteiger partial charge < -0.3 is 5.32 Å². The third-order valence-electron chi connectivity index (χ3n) is 3.28. The van der Waals surface area contributed by atoms with E-state index in [0.717, 1.165) is 18.2 Å². The maximum atomic E-state index is 12.1. The van der Waals surface area contributed by atoms with Crippen molar-refractivity contribution >= 4 is 39.1 Å². The fourth-order valence-electron chi connectivity index (χ4n) is 1.78. The fraction of sp³-hybridized carbons (Fsp3) is 0.417. The summed E-state index contributed by atoms with van der Waals surface area (Å²) in [6.07, 6.45) is 2.09. The Hall–Kier alpha value is -1.14. The van der Waals surface area contributed by atoms with E-state index < -0.39 is 10.8 Å². The van der Waals surface area contributed by atoms with E-state index in [9.17, 15) is 14.9 Å². The van der Waals surface area contributed by atoms with Crippen LogP contribution in [0.2, 0.25) is 5.02 Å². The minimum atomic E-state index is -0.599. The zero-order valence-corrected chi connectivity index (χ0v) is 12.3. The van der Waals surface area contributed by atoms with Crippen molar-refractivity contribution in [1.29, 1.82) is 0 Å². The predicted octanol–water partition coefficient (Wildman–Crippen LogP) is 3.15. The molecule has 1 saturated carbocycles. The Bertz CT molecular complexity index is 532. The van der Waals surface area contributed by atoms with Gasteiger partial charge in [-0.2, -0.15) is 0 Å². The van der Waals surface area contributed by atoms with E-state index in [1.54, 1.807) is 0 Å². The summed E-state index contributed by atoms with van der Waals surface area (Å²) < 4.78 is 0. The van der Waals surface area contributed by atoms with Crippen LogP contribution in [0, 0.1) is 15.5 Å². The van der Waals surface area contributed by atoms with Crippen LogP contribution in [0.15, 0.2) is 18.2 Å². The first-order valence-corrected chi connectivity index (χ1v) is 7.26. The summed E-state index contributed by atoms with van der Waals surface area (Å²) in [5, 5.41) is 14.5. The molecule has 0 radical (unpaired) electrons. The van der Waals surface area contributed by atoms with Crippen LogP contribution in [0.5, 0.6) is 0 Å². The third kappa shape index (κ3) is 3.06. The molecule has 1 aliphatic rings. The number of carbonyl (C=O) groups excluding carboxylic acids is 1. The van der Waals surface area contributed by atoms with Crippen molar-refractivity contribution in [1.82, 2.24) is 5.32 Å². The topological polar surface area (TPSA) is 72.2 Å². The lowest BCUT2D eigenvalue weighted by Gasteiger charge is -2.13. The van der Waals surface area contributed by atoms with E-state index in [0.29, 0.717) is 6.54 Å². The molecular formula is C12H12BrClN2O3. The maximum absolute atomic E-state index is 12.1. The maximum Gasteiger partial charge on any atom is 0.283 e. The molecule has 0 atom stereocenters. The first-order chi connectivity index (χ1) is 8.99. The summed E-state index contributed by atoms with van der Waals surface area (Å²) in [6.45, 7) is 0.499. The number of hydrogen-bond donors (Lipinski definition) is 1. The van der Waals surface area contributed by atoms with Crippen LogP contribution in [0.3, 0.4) is 0 Å². The molecule has 1 amide bonds. The Morgan fingerprint density at radius 3 is 2.74 bits per heavy atom. The lowest BCUT2D eigenvalue weighted by atomic mass is 10.1. The number of hydrogen-bond acceptors (Lipinski definition) is 3. The average Bonchev–Trinajstić information content (AvgIpc) is 3.16. The number of nitrogens with one attached hydrogen (secondary N) is 1. The van der Waals surface area contributed by atoms with E-state index in [-0.39, 0.29) is 21.7 Å². The van der Waals surface area contributed by atoms with Crippen LogP contribution in [0.25, 0.3) is 0 Å². The van der Waals surface area contributed by atoms with E-state index in [2.05, 4.69) is 21.2 Å². The number of rotatable bonds is 5. The third-order valence-corrected chi connectivity index (χ3v) is 4.78. The molecule has 7 heteroatoms. The fourth-order valence-corrected chi connectivity index (χ4v) is 2.79. The summed E-state index contributed by atoms with van der Waals surface area (Å²) in [5.74, 6) is -0.496. The summed E-state index contributed by atoms with van der Waals surface area (Å²) >= 11 is 9.30. The monoisotopic (exact) mass is 346 g/mol. The minimum absolute atomic E-state index is 0.0699. The number of halogens is 2. The van der Waals surface area contributed by atoms with Gasteiger partial charge in [0.15, 0.2) is 0 Å². The first-order valence-electron chi connectivity index (χ1n) is 5.76. The van der Waals surface area contributed by atoms with Crippen molar-refractivity contribution < 1.29 is 9.72 Å². The zero-order chi connectivity index (χ0) is 14.0. The highest BCUT2D eigenvalue weighted by molar-refractivity contribution is 9.09. The number of benzene rings is 1. The molecular weight excluding hydrogens is 336 g/mol. The van der Waals surface area contributed by atoms with Gasteiger partial charge in [0.2, 0.25) is 0 Å². The van der Waals surface area contributed by atoms with Crippen LogP contribution in [-0.2, 0) is 0 Å². The molecule has 1 aliphatic carbocycles.